The Bertz CT molecular complexity index is 635. The number of nitrogens with zero attached hydrogens (tertiary/aromatic N) is 1. The van der Waals surface area contributed by atoms with Gasteiger partial charge in [0.05, 0.1) is 12.1 Å². The number of nitrogens with one attached hydrogen (secondary N) is 1. The fraction of sp³-hybridized carbons (Fsp3) is 0.444. The molecule has 0 spiro atoms. The summed E-state index contributed by atoms with van der Waals surface area (Å²) < 4.78 is 5.67. The van der Waals surface area contributed by atoms with Crippen molar-refractivity contribution in [3.05, 3.63) is 41.8 Å². The van der Waals surface area contributed by atoms with Gasteiger partial charge in [0.2, 0.25) is 11.8 Å². The summed E-state index contributed by atoms with van der Waals surface area (Å²) in [5, 5.41) is 12.0. The van der Waals surface area contributed by atoms with Crippen LogP contribution in [0.25, 0.3) is 11.5 Å². The van der Waals surface area contributed by atoms with Gasteiger partial charge in [-0.05, 0) is 31.4 Å². The molecule has 0 radical (unpaired) electrons. The molecule has 2 N–H and O–H groups in total. The first-order valence-corrected chi connectivity index (χ1v) is 7.93. The van der Waals surface area contributed by atoms with Crippen molar-refractivity contribution in [2.45, 2.75) is 39.7 Å². The van der Waals surface area contributed by atoms with Crippen molar-refractivity contribution in [1.29, 1.82) is 0 Å². The van der Waals surface area contributed by atoms with E-state index in [1.54, 1.807) is 0 Å². The molecule has 0 bridgehead atoms. The van der Waals surface area contributed by atoms with E-state index in [2.05, 4.69) is 10.3 Å². The Kier molecular flexibility index (Phi) is 5.93. The van der Waals surface area contributed by atoms with Crippen molar-refractivity contribution in [3.63, 3.8) is 0 Å². The summed E-state index contributed by atoms with van der Waals surface area (Å²) in [6, 6.07) is 9.58. The van der Waals surface area contributed by atoms with Gasteiger partial charge < -0.3 is 14.8 Å². The van der Waals surface area contributed by atoms with Gasteiger partial charge in [0.1, 0.15) is 5.76 Å². The number of oxazole rings is 1. The van der Waals surface area contributed by atoms with Gasteiger partial charge in [-0.25, -0.2) is 4.98 Å². The number of hydrogen-bond acceptors (Lipinski definition) is 4. The molecule has 0 saturated carbocycles. The highest BCUT2D eigenvalue weighted by Gasteiger charge is 2.19. The molecule has 23 heavy (non-hydrogen) atoms. The Morgan fingerprint density at radius 3 is 2.61 bits per heavy atom. The summed E-state index contributed by atoms with van der Waals surface area (Å²) in [6.45, 7) is 5.92. The van der Waals surface area contributed by atoms with Crippen LogP contribution in [0.4, 0.5) is 0 Å². The predicted octanol–water partition coefficient (Wildman–Crippen LogP) is 2.72. The third kappa shape index (κ3) is 4.66. The quantitative estimate of drug-likeness (QED) is 0.823. The van der Waals surface area contributed by atoms with Crippen molar-refractivity contribution in [3.8, 4) is 11.5 Å². The van der Waals surface area contributed by atoms with Crippen LogP contribution in [0.1, 0.15) is 31.7 Å². The number of aromatic nitrogens is 1. The molecule has 5 heteroatoms. The lowest BCUT2D eigenvalue weighted by Crippen LogP contribution is -2.40. The van der Waals surface area contributed by atoms with E-state index in [0.717, 1.165) is 5.56 Å². The van der Waals surface area contributed by atoms with Crippen molar-refractivity contribution in [1.82, 2.24) is 10.3 Å². The van der Waals surface area contributed by atoms with Crippen LogP contribution in [0.5, 0.6) is 0 Å². The largest absolute Gasteiger partial charge is 0.441 e. The summed E-state index contributed by atoms with van der Waals surface area (Å²) in [5.74, 6) is 1.35. The zero-order chi connectivity index (χ0) is 16.8. The standard InChI is InChI=1S/C18H24N2O3/c1-12(2)15(9-10-21)19-17(22)11-16-13(3)23-18(20-16)14-7-5-4-6-8-14/h4-8,12,15,21H,9-11H2,1-3H3,(H,19,22). The first-order valence-electron chi connectivity index (χ1n) is 7.93. The zero-order valence-corrected chi connectivity index (χ0v) is 13.9. The average molecular weight is 316 g/mol. The molecule has 2 aromatic rings. The maximum atomic E-state index is 12.2. The van der Waals surface area contributed by atoms with E-state index in [-0.39, 0.29) is 30.9 Å². The van der Waals surface area contributed by atoms with Crippen molar-refractivity contribution in [2.24, 2.45) is 5.92 Å². The summed E-state index contributed by atoms with van der Waals surface area (Å²) in [6.07, 6.45) is 0.729. The molecule has 1 heterocycles. The smallest absolute Gasteiger partial charge is 0.226 e. The summed E-state index contributed by atoms with van der Waals surface area (Å²) >= 11 is 0. The SMILES string of the molecule is Cc1oc(-c2ccccc2)nc1CC(=O)NC(CCO)C(C)C. The summed E-state index contributed by atoms with van der Waals surface area (Å²) in [4.78, 5) is 16.7. The van der Waals surface area contributed by atoms with Crippen molar-refractivity contribution >= 4 is 5.91 Å². The highest BCUT2D eigenvalue weighted by molar-refractivity contribution is 5.78. The second kappa shape index (κ2) is 7.92. The van der Waals surface area contributed by atoms with Crippen LogP contribution in [-0.4, -0.2) is 28.6 Å². The maximum Gasteiger partial charge on any atom is 0.226 e. The van der Waals surface area contributed by atoms with Crippen LogP contribution in [0.2, 0.25) is 0 Å². The molecule has 0 saturated heterocycles. The monoisotopic (exact) mass is 316 g/mol. The Hall–Kier alpha value is -2.14. The second-order valence-electron chi connectivity index (χ2n) is 6.00. The van der Waals surface area contributed by atoms with Crippen LogP contribution in [0.15, 0.2) is 34.7 Å². The molecule has 0 aliphatic carbocycles. The molecule has 2 rings (SSSR count). The maximum absolute atomic E-state index is 12.2. The third-order valence-corrected chi connectivity index (χ3v) is 3.83. The van der Waals surface area contributed by atoms with Gasteiger partial charge in [-0.15, -0.1) is 0 Å². The molecule has 0 fully saturated rings. The molecular formula is C18H24N2O3. The Labute approximate surface area is 136 Å². The minimum absolute atomic E-state index is 0.0340. The van der Waals surface area contributed by atoms with Crippen LogP contribution in [-0.2, 0) is 11.2 Å². The van der Waals surface area contributed by atoms with Gasteiger partial charge in [0.15, 0.2) is 0 Å². The van der Waals surface area contributed by atoms with Crippen molar-refractivity contribution < 1.29 is 14.3 Å². The molecule has 0 aliphatic heterocycles. The first kappa shape index (κ1) is 17.2. The minimum atomic E-state index is -0.104. The number of carbonyl (C=O) groups excluding carboxylic acids is 1. The highest BCUT2D eigenvalue weighted by Crippen LogP contribution is 2.21. The summed E-state index contributed by atoms with van der Waals surface area (Å²) in [7, 11) is 0. The molecule has 5 nitrogen and oxygen atoms in total. The molecule has 1 atom stereocenters. The lowest BCUT2D eigenvalue weighted by molar-refractivity contribution is -0.121. The number of aliphatic hydroxyl groups is 1. The van der Waals surface area contributed by atoms with E-state index < -0.39 is 0 Å². The van der Waals surface area contributed by atoms with Gasteiger partial charge >= 0.3 is 0 Å². The molecule has 1 aromatic heterocycles. The number of benzene rings is 1. The van der Waals surface area contributed by atoms with E-state index in [1.165, 1.54) is 0 Å². The zero-order valence-electron chi connectivity index (χ0n) is 13.9. The minimum Gasteiger partial charge on any atom is -0.441 e. The predicted molar refractivity (Wildman–Crippen MR) is 88.9 cm³/mol. The number of rotatable bonds is 7. The fourth-order valence-corrected chi connectivity index (χ4v) is 2.42. The second-order valence-corrected chi connectivity index (χ2v) is 6.00. The molecule has 124 valence electrons. The third-order valence-electron chi connectivity index (χ3n) is 3.83. The van der Waals surface area contributed by atoms with Gasteiger partial charge in [-0.3, -0.25) is 4.79 Å². The molecule has 0 aliphatic rings. The number of aryl methyl sites for hydroxylation is 1. The van der Waals surface area contributed by atoms with E-state index in [1.807, 2.05) is 51.1 Å². The number of hydrogen-bond donors (Lipinski definition) is 2. The van der Waals surface area contributed by atoms with Gasteiger partial charge in [0, 0.05) is 18.2 Å². The number of carbonyl (C=O) groups is 1. The molecule has 1 aromatic carbocycles. The lowest BCUT2D eigenvalue weighted by Gasteiger charge is -2.21. The van der Waals surface area contributed by atoms with E-state index >= 15 is 0 Å². The topological polar surface area (TPSA) is 75.4 Å². The van der Waals surface area contributed by atoms with Crippen LogP contribution in [0, 0.1) is 12.8 Å². The van der Waals surface area contributed by atoms with Crippen molar-refractivity contribution in [2.75, 3.05) is 6.61 Å². The van der Waals surface area contributed by atoms with E-state index in [0.29, 0.717) is 23.8 Å². The lowest BCUT2D eigenvalue weighted by atomic mass is 10.0. The Morgan fingerprint density at radius 1 is 1.30 bits per heavy atom. The average Bonchev–Trinajstić information content (AvgIpc) is 2.88. The van der Waals surface area contributed by atoms with Gasteiger partial charge in [-0.1, -0.05) is 32.0 Å². The molecule has 1 amide bonds. The first-order chi connectivity index (χ1) is 11.0. The Balaban J connectivity index is 2.05. The van der Waals surface area contributed by atoms with Crippen LogP contribution < -0.4 is 5.32 Å². The molecular weight excluding hydrogens is 292 g/mol. The number of aliphatic hydroxyl groups excluding tert-OH is 1. The van der Waals surface area contributed by atoms with Gasteiger partial charge in [0.25, 0.3) is 0 Å². The fourth-order valence-electron chi connectivity index (χ4n) is 2.42. The molecule has 1 unspecified atom stereocenters. The van der Waals surface area contributed by atoms with E-state index in [9.17, 15) is 4.79 Å². The number of amides is 1. The highest BCUT2D eigenvalue weighted by atomic mass is 16.4. The Morgan fingerprint density at radius 2 is 2.00 bits per heavy atom. The van der Waals surface area contributed by atoms with Crippen LogP contribution in [0.3, 0.4) is 0 Å². The summed E-state index contributed by atoms with van der Waals surface area (Å²) in [5.41, 5.74) is 1.54. The normalized spacial score (nSPS) is 12.4. The van der Waals surface area contributed by atoms with Crippen LogP contribution >= 0.6 is 0 Å². The van der Waals surface area contributed by atoms with Gasteiger partial charge in [-0.2, -0.15) is 0 Å². The van der Waals surface area contributed by atoms with E-state index in [4.69, 9.17) is 9.52 Å².